The summed E-state index contributed by atoms with van der Waals surface area (Å²) >= 11 is 6.26. The molecule has 0 spiro atoms. The second-order valence-electron chi connectivity index (χ2n) is 3.99. The van der Waals surface area contributed by atoms with Gasteiger partial charge in [0, 0.05) is 24.0 Å². The molecule has 0 aromatic heterocycles. The van der Waals surface area contributed by atoms with Crippen LogP contribution in [0, 0.1) is 0 Å². The Bertz CT molecular complexity index is 475. The molecule has 0 fully saturated rings. The number of benzene rings is 1. The number of esters is 1. The largest absolute Gasteiger partial charge is 0.492 e. The van der Waals surface area contributed by atoms with Crippen LogP contribution in [0.5, 0.6) is 11.5 Å². The maximum absolute atomic E-state index is 11.8. The van der Waals surface area contributed by atoms with Gasteiger partial charge in [0.15, 0.2) is 0 Å². The fourth-order valence-corrected chi connectivity index (χ4v) is 2.72. The summed E-state index contributed by atoms with van der Waals surface area (Å²) in [5.74, 6) is 0.809. The third kappa shape index (κ3) is 1.40. The molecule has 90 valence electrons. The van der Waals surface area contributed by atoms with E-state index in [0.717, 1.165) is 11.1 Å². The van der Waals surface area contributed by atoms with Gasteiger partial charge in [-0.05, 0) is 0 Å². The number of ether oxygens (including phenoxy) is 3. The maximum Gasteiger partial charge on any atom is 0.342 e. The highest BCUT2D eigenvalue weighted by molar-refractivity contribution is 6.33. The van der Waals surface area contributed by atoms with E-state index in [9.17, 15) is 4.79 Å². The van der Waals surface area contributed by atoms with Gasteiger partial charge in [0.25, 0.3) is 0 Å². The number of fused-ring (bicyclic) bond motifs is 2. The third-order valence-corrected chi connectivity index (χ3v) is 3.53. The average Bonchev–Trinajstić information content (AvgIpc) is 2.96. The minimum atomic E-state index is -0.387. The van der Waals surface area contributed by atoms with Crippen molar-refractivity contribution in [1.82, 2.24) is 0 Å². The Morgan fingerprint density at radius 3 is 2.53 bits per heavy atom. The van der Waals surface area contributed by atoms with Gasteiger partial charge in [-0.2, -0.15) is 0 Å². The van der Waals surface area contributed by atoms with Crippen molar-refractivity contribution >= 4 is 17.6 Å². The summed E-state index contributed by atoms with van der Waals surface area (Å²) in [4.78, 5) is 11.8. The minimum absolute atomic E-state index is 0.387. The Morgan fingerprint density at radius 1 is 1.18 bits per heavy atom. The smallest absolute Gasteiger partial charge is 0.342 e. The van der Waals surface area contributed by atoms with Gasteiger partial charge in [-0.25, -0.2) is 4.79 Å². The van der Waals surface area contributed by atoms with Crippen molar-refractivity contribution in [2.45, 2.75) is 12.8 Å². The van der Waals surface area contributed by atoms with Crippen LogP contribution in [-0.2, 0) is 17.6 Å². The Hall–Kier alpha value is -1.42. The lowest BCUT2D eigenvalue weighted by atomic mass is 9.99. The summed E-state index contributed by atoms with van der Waals surface area (Å²) < 4.78 is 15.8. The van der Waals surface area contributed by atoms with Gasteiger partial charge < -0.3 is 14.2 Å². The molecule has 5 heteroatoms. The molecule has 0 saturated carbocycles. The van der Waals surface area contributed by atoms with Crippen LogP contribution in [0.2, 0.25) is 5.02 Å². The van der Waals surface area contributed by atoms with Crippen molar-refractivity contribution in [3.8, 4) is 11.5 Å². The highest BCUT2D eigenvalue weighted by Gasteiger charge is 2.34. The number of methoxy groups -OCH3 is 1. The summed E-state index contributed by atoms with van der Waals surface area (Å²) in [7, 11) is 1.36. The average molecular weight is 255 g/mol. The summed E-state index contributed by atoms with van der Waals surface area (Å²) in [6.07, 6.45) is 1.37. The van der Waals surface area contributed by atoms with Gasteiger partial charge in [0.2, 0.25) is 0 Å². The van der Waals surface area contributed by atoms with E-state index in [0.29, 0.717) is 48.1 Å². The van der Waals surface area contributed by atoms with Gasteiger partial charge in [-0.15, -0.1) is 0 Å². The van der Waals surface area contributed by atoms with Gasteiger partial charge >= 0.3 is 5.97 Å². The van der Waals surface area contributed by atoms with Crippen molar-refractivity contribution in [3.05, 3.63) is 21.7 Å². The van der Waals surface area contributed by atoms with Crippen LogP contribution in [0.15, 0.2) is 0 Å². The van der Waals surface area contributed by atoms with Crippen molar-refractivity contribution < 1.29 is 19.0 Å². The van der Waals surface area contributed by atoms with E-state index in [2.05, 4.69) is 0 Å². The first-order valence-electron chi connectivity index (χ1n) is 5.45. The molecule has 4 nitrogen and oxygen atoms in total. The molecule has 1 aromatic rings. The molecule has 2 heterocycles. The van der Waals surface area contributed by atoms with Crippen LogP contribution in [-0.4, -0.2) is 26.3 Å². The van der Waals surface area contributed by atoms with Crippen LogP contribution in [0.4, 0.5) is 0 Å². The highest BCUT2D eigenvalue weighted by Crippen LogP contribution is 2.47. The van der Waals surface area contributed by atoms with Gasteiger partial charge in [0.1, 0.15) is 17.1 Å². The van der Waals surface area contributed by atoms with Crippen molar-refractivity contribution in [1.29, 1.82) is 0 Å². The molecule has 0 bridgehead atoms. The first-order valence-corrected chi connectivity index (χ1v) is 5.83. The fraction of sp³-hybridized carbons (Fsp3) is 0.417. The molecule has 0 N–H and O–H groups in total. The fourth-order valence-electron chi connectivity index (χ4n) is 2.37. The Labute approximate surface area is 103 Å². The minimum Gasteiger partial charge on any atom is -0.492 e. The van der Waals surface area contributed by atoms with E-state index in [1.165, 1.54) is 7.11 Å². The lowest BCUT2D eigenvalue weighted by molar-refractivity contribution is 0.0596. The molecule has 1 aromatic carbocycles. The molecule has 0 aliphatic carbocycles. The molecule has 0 atom stereocenters. The topological polar surface area (TPSA) is 44.8 Å². The van der Waals surface area contributed by atoms with Crippen LogP contribution >= 0.6 is 11.6 Å². The number of hydrogen-bond acceptors (Lipinski definition) is 4. The molecule has 0 radical (unpaired) electrons. The summed E-state index contributed by atoms with van der Waals surface area (Å²) in [6.45, 7) is 1.09. The molecular formula is C12H11ClO4. The molecule has 0 amide bonds. The monoisotopic (exact) mass is 254 g/mol. The van der Waals surface area contributed by atoms with Crippen molar-refractivity contribution in [2.24, 2.45) is 0 Å². The molecule has 3 rings (SSSR count). The first-order chi connectivity index (χ1) is 8.24. The van der Waals surface area contributed by atoms with Crippen LogP contribution < -0.4 is 9.47 Å². The van der Waals surface area contributed by atoms with Crippen LogP contribution in [0.3, 0.4) is 0 Å². The molecule has 0 unspecified atom stereocenters. The molecule has 0 saturated heterocycles. The van der Waals surface area contributed by atoms with E-state index in [1.54, 1.807) is 0 Å². The number of hydrogen-bond donors (Lipinski definition) is 0. The standard InChI is InChI=1S/C12H11ClO4/c1-15-12(14)8-6-2-4-17-11(6)9(13)7-3-5-16-10(7)8/h2-5H2,1H3. The number of carbonyl (C=O) groups excluding carboxylic acids is 1. The zero-order valence-electron chi connectivity index (χ0n) is 9.34. The highest BCUT2D eigenvalue weighted by atomic mass is 35.5. The number of rotatable bonds is 1. The number of halogens is 1. The van der Waals surface area contributed by atoms with Crippen molar-refractivity contribution in [2.75, 3.05) is 20.3 Å². The molecule has 2 aliphatic heterocycles. The first kappa shape index (κ1) is 10.7. The van der Waals surface area contributed by atoms with Crippen LogP contribution in [0.25, 0.3) is 0 Å². The lowest BCUT2D eigenvalue weighted by Gasteiger charge is -2.12. The van der Waals surface area contributed by atoms with E-state index in [4.69, 9.17) is 25.8 Å². The Kier molecular flexibility index (Phi) is 2.40. The molecule has 17 heavy (non-hydrogen) atoms. The Morgan fingerprint density at radius 2 is 1.82 bits per heavy atom. The van der Waals surface area contributed by atoms with E-state index in [-0.39, 0.29) is 5.97 Å². The van der Waals surface area contributed by atoms with Crippen molar-refractivity contribution in [3.63, 3.8) is 0 Å². The van der Waals surface area contributed by atoms with E-state index < -0.39 is 0 Å². The zero-order valence-corrected chi connectivity index (χ0v) is 10.1. The molecular weight excluding hydrogens is 244 g/mol. The SMILES string of the molecule is COC(=O)c1c2c(c(Cl)c3c1OCC3)OCC2. The predicted molar refractivity (Wildman–Crippen MR) is 61.2 cm³/mol. The summed E-state index contributed by atoms with van der Waals surface area (Å²) in [5, 5.41) is 0.581. The predicted octanol–water partition coefficient (Wildman–Crippen LogP) is 2.00. The summed E-state index contributed by atoms with van der Waals surface area (Å²) in [5.41, 5.74) is 2.15. The van der Waals surface area contributed by atoms with Gasteiger partial charge in [-0.3, -0.25) is 0 Å². The second kappa shape index (κ2) is 3.81. The third-order valence-electron chi connectivity index (χ3n) is 3.13. The number of carbonyl (C=O) groups is 1. The van der Waals surface area contributed by atoms with E-state index >= 15 is 0 Å². The zero-order chi connectivity index (χ0) is 12.0. The summed E-state index contributed by atoms with van der Waals surface area (Å²) in [6, 6.07) is 0. The maximum atomic E-state index is 11.8. The normalized spacial score (nSPS) is 15.9. The van der Waals surface area contributed by atoms with Gasteiger partial charge in [0.05, 0.1) is 25.3 Å². The quantitative estimate of drug-likeness (QED) is 0.719. The lowest BCUT2D eigenvalue weighted by Crippen LogP contribution is -2.07. The van der Waals surface area contributed by atoms with Crippen LogP contribution in [0.1, 0.15) is 21.5 Å². The van der Waals surface area contributed by atoms with E-state index in [1.807, 2.05) is 0 Å². The Balaban J connectivity index is 2.30. The second-order valence-corrected chi connectivity index (χ2v) is 4.37. The van der Waals surface area contributed by atoms with Gasteiger partial charge in [-0.1, -0.05) is 11.6 Å². The molecule has 2 aliphatic rings.